The van der Waals surface area contributed by atoms with E-state index in [1.807, 2.05) is 0 Å². The quantitative estimate of drug-likeness (QED) is 0.830. The maximum atomic E-state index is 12.5. The monoisotopic (exact) mass is 277 g/mol. The van der Waals surface area contributed by atoms with Crippen LogP contribution in [0.3, 0.4) is 0 Å². The standard InChI is InChI=1S/C16H23NO3/c18-14-11-7-3-4-8-12(11)15(19)16(20)13(14)9-17-10-5-1-2-6-10/h10-12,17,20H,1-9H2. The van der Waals surface area contributed by atoms with Crippen molar-refractivity contribution in [2.45, 2.75) is 57.4 Å². The zero-order valence-corrected chi connectivity index (χ0v) is 11.9. The summed E-state index contributed by atoms with van der Waals surface area (Å²) >= 11 is 0. The number of hydrogen-bond acceptors (Lipinski definition) is 4. The van der Waals surface area contributed by atoms with Crippen LogP contribution in [0.4, 0.5) is 0 Å². The van der Waals surface area contributed by atoms with Crippen molar-refractivity contribution in [2.24, 2.45) is 11.8 Å². The zero-order chi connectivity index (χ0) is 14.1. The van der Waals surface area contributed by atoms with Gasteiger partial charge < -0.3 is 10.4 Å². The lowest BCUT2D eigenvalue weighted by Gasteiger charge is -2.34. The Morgan fingerprint density at radius 3 is 2.10 bits per heavy atom. The lowest BCUT2D eigenvalue weighted by atomic mass is 9.69. The summed E-state index contributed by atoms with van der Waals surface area (Å²) in [6.07, 6.45) is 8.26. The van der Waals surface area contributed by atoms with Crippen molar-refractivity contribution in [3.8, 4) is 0 Å². The minimum atomic E-state index is -0.261. The van der Waals surface area contributed by atoms with Gasteiger partial charge in [0.25, 0.3) is 0 Å². The normalized spacial score (nSPS) is 31.8. The SMILES string of the molecule is O=C1C(O)=C(CNC2CCCC2)C(=O)C2CCCCC12. The minimum absolute atomic E-state index is 0.0114. The van der Waals surface area contributed by atoms with Crippen LogP contribution >= 0.6 is 0 Å². The van der Waals surface area contributed by atoms with Crippen LogP contribution in [0.15, 0.2) is 11.3 Å². The Hall–Kier alpha value is -1.16. The Labute approximate surface area is 119 Å². The molecule has 2 N–H and O–H groups in total. The summed E-state index contributed by atoms with van der Waals surface area (Å²) < 4.78 is 0. The zero-order valence-electron chi connectivity index (χ0n) is 11.9. The van der Waals surface area contributed by atoms with Gasteiger partial charge in [0, 0.05) is 24.4 Å². The number of fused-ring (bicyclic) bond motifs is 1. The molecule has 0 aromatic rings. The largest absolute Gasteiger partial charge is 0.504 e. The molecule has 110 valence electrons. The molecule has 0 saturated heterocycles. The van der Waals surface area contributed by atoms with Crippen LogP contribution in [-0.2, 0) is 9.59 Å². The smallest absolute Gasteiger partial charge is 0.201 e. The lowest BCUT2D eigenvalue weighted by molar-refractivity contribution is -0.134. The van der Waals surface area contributed by atoms with Crippen molar-refractivity contribution >= 4 is 11.6 Å². The molecule has 0 radical (unpaired) electrons. The van der Waals surface area contributed by atoms with E-state index < -0.39 is 0 Å². The molecule has 4 nitrogen and oxygen atoms in total. The van der Waals surface area contributed by atoms with Gasteiger partial charge in [-0.05, 0) is 25.7 Å². The maximum Gasteiger partial charge on any atom is 0.201 e. The van der Waals surface area contributed by atoms with E-state index in [2.05, 4.69) is 5.32 Å². The third kappa shape index (κ3) is 2.41. The van der Waals surface area contributed by atoms with E-state index in [0.717, 1.165) is 38.5 Å². The molecule has 3 aliphatic carbocycles. The van der Waals surface area contributed by atoms with Crippen LogP contribution in [0.2, 0.25) is 0 Å². The number of ketones is 2. The number of rotatable bonds is 3. The molecule has 0 spiro atoms. The molecule has 4 heteroatoms. The molecule has 0 amide bonds. The predicted octanol–water partition coefficient (Wildman–Crippen LogP) is 2.29. The van der Waals surface area contributed by atoms with E-state index >= 15 is 0 Å². The van der Waals surface area contributed by atoms with Crippen LogP contribution in [0.5, 0.6) is 0 Å². The maximum absolute atomic E-state index is 12.5. The van der Waals surface area contributed by atoms with Crippen LogP contribution in [0, 0.1) is 11.8 Å². The van der Waals surface area contributed by atoms with Crippen molar-refractivity contribution < 1.29 is 14.7 Å². The van der Waals surface area contributed by atoms with Crippen molar-refractivity contribution in [2.75, 3.05) is 6.54 Å². The van der Waals surface area contributed by atoms with Gasteiger partial charge in [-0.2, -0.15) is 0 Å². The first-order chi connectivity index (χ1) is 9.68. The Morgan fingerprint density at radius 1 is 0.900 bits per heavy atom. The molecule has 2 unspecified atom stereocenters. The average molecular weight is 277 g/mol. The Bertz CT molecular complexity index is 449. The highest BCUT2D eigenvalue weighted by Crippen LogP contribution is 2.38. The average Bonchev–Trinajstić information content (AvgIpc) is 2.98. The summed E-state index contributed by atoms with van der Waals surface area (Å²) in [6, 6.07) is 0.433. The van der Waals surface area contributed by atoms with E-state index in [9.17, 15) is 14.7 Å². The van der Waals surface area contributed by atoms with Crippen molar-refractivity contribution in [1.29, 1.82) is 0 Å². The van der Waals surface area contributed by atoms with Gasteiger partial charge in [-0.25, -0.2) is 0 Å². The van der Waals surface area contributed by atoms with E-state index in [4.69, 9.17) is 0 Å². The molecule has 20 heavy (non-hydrogen) atoms. The Morgan fingerprint density at radius 2 is 1.45 bits per heavy atom. The van der Waals surface area contributed by atoms with Crippen LogP contribution in [0.25, 0.3) is 0 Å². The van der Waals surface area contributed by atoms with Crippen molar-refractivity contribution in [3.63, 3.8) is 0 Å². The minimum Gasteiger partial charge on any atom is -0.504 e. The molecule has 0 aromatic carbocycles. The molecule has 3 rings (SSSR count). The number of carbonyl (C=O) groups excluding carboxylic acids is 2. The van der Waals surface area contributed by atoms with Gasteiger partial charge in [0.1, 0.15) is 0 Å². The highest BCUT2D eigenvalue weighted by atomic mass is 16.3. The molecule has 2 fully saturated rings. The fourth-order valence-corrected chi connectivity index (χ4v) is 3.97. The Kier molecular flexibility index (Phi) is 3.92. The first-order valence-electron chi connectivity index (χ1n) is 7.92. The summed E-state index contributed by atoms with van der Waals surface area (Å²) in [5.41, 5.74) is 0.338. The molecule has 3 aliphatic rings. The fourth-order valence-electron chi connectivity index (χ4n) is 3.97. The van der Waals surface area contributed by atoms with E-state index in [-0.39, 0.29) is 29.2 Å². The molecule has 0 bridgehead atoms. The van der Waals surface area contributed by atoms with E-state index in [0.29, 0.717) is 18.2 Å². The second-order valence-electron chi connectivity index (χ2n) is 6.42. The second kappa shape index (κ2) is 5.68. The second-order valence-corrected chi connectivity index (χ2v) is 6.42. The van der Waals surface area contributed by atoms with Gasteiger partial charge in [0.15, 0.2) is 11.5 Å². The number of Topliss-reactive ketones (excluding diaryl/α,β-unsaturated/α-hetero) is 2. The van der Waals surface area contributed by atoms with Crippen LogP contribution < -0.4 is 5.32 Å². The molecule has 2 atom stereocenters. The number of aliphatic hydroxyl groups is 1. The number of nitrogens with one attached hydrogen (secondary N) is 1. The summed E-state index contributed by atoms with van der Waals surface area (Å²) in [5, 5.41) is 13.4. The van der Waals surface area contributed by atoms with Crippen molar-refractivity contribution in [3.05, 3.63) is 11.3 Å². The number of allylic oxidation sites excluding steroid dienone is 1. The fraction of sp³-hybridized carbons (Fsp3) is 0.750. The van der Waals surface area contributed by atoms with Gasteiger partial charge >= 0.3 is 0 Å². The summed E-state index contributed by atoms with van der Waals surface area (Å²) in [5.74, 6) is -0.877. The van der Waals surface area contributed by atoms with Gasteiger partial charge in [0.05, 0.1) is 5.57 Å². The molecular formula is C16H23NO3. The lowest BCUT2D eigenvalue weighted by Crippen LogP contribution is -2.43. The Balaban J connectivity index is 1.75. The van der Waals surface area contributed by atoms with Gasteiger partial charge in [-0.1, -0.05) is 25.7 Å². The summed E-state index contributed by atoms with van der Waals surface area (Å²) in [4.78, 5) is 24.7. The first kappa shape index (κ1) is 13.8. The number of carbonyl (C=O) groups is 2. The highest BCUT2D eigenvalue weighted by Gasteiger charge is 2.43. The van der Waals surface area contributed by atoms with Gasteiger partial charge in [0.2, 0.25) is 5.78 Å². The summed E-state index contributed by atoms with van der Waals surface area (Å²) in [6.45, 7) is 0.351. The first-order valence-corrected chi connectivity index (χ1v) is 7.92. The third-order valence-corrected chi connectivity index (χ3v) is 5.18. The van der Waals surface area contributed by atoms with Crippen molar-refractivity contribution in [1.82, 2.24) is 5.32 Å². The number of hydrogen-bond donors (Lipinski definition) is 2. The molecule has 0 heterocycles. The molecule has 0 aromatic heterocycles. The van der Waals surface area contributed by atoms with Gasteiger partial charge in [-0.15, -0.1) is 0 Å². The topological polar surface area (TPSA) is 66.4 Å². The number of aliphatic hydroxyl groups excluding tert-OH is 1. The van der Waals surface area contributed by atoms with Crippen LogP contribution in [0.1, 0.15) is 51.4 Å². The summed E-state index contributed by atoms with van der Waals surface area (Å²) in [7, 11) is 0. The highest BCUT2D eigenvalue weighted by molar-refractivity contribution is 6.12. The van der Waals surface area contributed by atoms with Gasteiger partial charge in [-0.3, -0.25) is 9.59 Å². The predicted molar refractivity (Wildman–Crippen MR) is 75.4 cm³/mol. The van der Waals surface area contributed by atoms with E-state index in [1.54, 1.807) is 0 Å². The van der Waals surface area contributed by atoms with E-state index in [1.165, 1.54) is 12.8 Å². The van der Waals surface area contributed by atoms with Crippen LogP contribution in [-0.4, -0.2) is 29.3 Å². The molecular weight excluding hydrogens is 254 g/mol. The molecule has 2 saturated carbocycles. The molecule has 0 aliphatic heterocycles. The third-order valence-electron chi connectivity index (χ3n) is 5.18.